The van der Waals surface area contributed by atoms with E-state index >= 15 is 0 Å². The summed E-state index contributed by atoms with van der Waals surface area (Å²) in [4.78, 5) is 19.3. The van der Waals surface area contributed by atoms with E-state index in [9.17, 15) is 9.90 Å². The minimum absolute atomic E-state index is 0.0408. The van der Waals surface area contributed by atoms with Gasteiger partial charge in [-0.05, 0) is 60.6 Å². The molecule has 1 aromatic heterocycles. The van der Waals surface area contributed by atoms with Crippen molar-refractivity contribution in [1.29, 1.82) is 0 Å². The molecule has 2 heterocycles. The summed E-state index contributed by atoms with van der Waals surface area (Å²) in [7, 11) is 0. The number of anilines is 2. The Morgan fingerprint density at radius 1 is 1.30 bits per heavy atom. The average Bonchev–Trinajstić information content (AvgIpc) is 3.38. The van der Waals surface area contributed by atoms with Crippen LogP contribution in [-0.2, 0) is 11.2 Å². The lowest BCUT2D eigenvalue weighted by Gasteiger charge is -2.20. The van der Waals surface area contributed by atoms with Crippen molar-refractivity contribution in [3.63, 3.8) is 0 Å². The van der Waals surface area contributed by atoms with Gasteiger partial charge in [0.25, 0.3) is 0 Å². The second-order valence-corrected chi connectivity index (χ2v) is 8.51. The molecule has 1 atom stereocenters. The molecule has 7 heteroatoms. The Hall–Kier alpha value is -2.77. The number of aliphatic hydroxyl groups is 1. The van der Waals surface area contributed by atoms with Crippen LogP contribution >= 0.6 is 11.5 Å². The minimum Gasteiger partial charge on any atom is -0.396 e. The van der Waals surface area contributed by atoms with E-state index in [-0.39, 0.29) is 25.0 Å². The third kappa shape index (κ3) is 3.95. The first-order valence-electron chi connectivity index (χ1n) is 10.2. The summed E-state index contributed by atoms with van der Waals surface area (Å²) >= 11 is 1.38. The summed E-state index contributed by atoms with van der Waals surface area (Å²) in [6.07, 6.45) is 0.826. The molecule has 0 aliphatic carbocycles. The first-order chi connectivity index (χ1) is 14.5. The molecule has 1 unspecified atom stereocenters. The summed E-state index contributed by atoms with van der Waals surface area (Å²) in [5, 5.41) is 13.7. The van der Waals surface area contributed by atoms with E-state index < -0.39 is 0 Å². The molecule has 2 aromatic carbocycles. The first-order valence-corrected chi connectivity index (χ1v) is 10.9. The predicted octanol–water partition coefficient (Wildman–Crippen LogP) is 3.92. The number of nitrogens with zero attached hydrogens (tertiary/aromatic N) is 3. The average molecular weight is 423 g/mol. The lowest BCUT2D eigenvalue weighted by Crippen LogP contribution is -2.34. The Balaban J connectivity index is 1.49. The van der Waals surface area contributed by atoms with Crippen LogP contribution in [0.5, 0.6) is 0 Å². The van der Waals surface area contributed by atoms with E-state index in [1.807, 2.05) is 56.0 Å². The van der Waals surface area contributed by atoms with Gasteiger partial charge in [0.1, 0.15) is 10.8 Å². The van der Waals surface area contributed by atoms with Crippen molar-refractivity contribution in [2.45, 2.75) is 33.1 Å². The van der Waals surface area contributed by atoms with Crippen molar-refractivity contribution in [1.82, 2.24) is 9.36 Å². The van der Waals surface area contributed by atoms with Crippen LogP contribution in [-0.4, -0.2) is 40.1 Å². The van der Waals surface area contributed by atoms with Gasteiger partial charge in [-0.15, -0.1) is 0 Å². The summed E-state index contributed by atoms with van der Waals surface area (Å²) in [6, 6.07) is 12.1. The predicted molar refractivity (Wildman–Crippen MR) is 121 cm³/mol. The van der Waals surface area contributed by atoms with Crippen LogP contribution < -0.4 is 10.2 Å². The second kappa shape index (κ2) is 8.53. The van der Waals surface area contributed by atoms with Crippen LogP contribution in [0.4, 0.5) is 11.4 Å². The lowest BCUT2D eigenvalue weighted by molar-refractivity contribution is -0.116. The number of aliphatic hydroxyl groups excluding tert-OH is 1. The number of rotatable bonds is 6. The zero-order valence-electron chi connectivity index (χ0n) is 17.5. The van der Waals surface area contributed by atoms with E-state index in [1.54, 1.807) is 0 Å². The van der Waals surface area contributed by atoms with Crippen LogP contribution in [0.3, 0.4) is 0 Å². The maximum atomic E-state index is 13.0. The molecule has 156 valence electrons. The van der Waals surface area contributed by atoms with E-state index in [0.717, 1.165) is 45.3 Å². The molecule has 0 saturated carbocycles. The second-order valence-electron chi connectivity index (χ2n) is 7.75. The third-order valence-corrected chi connectivity index (χ3v) is 6.47. The van der Waals surface area contributed by atoms with Crippen LogP contribution in [0, 0.1) is 13.8 Å². The Labute approximate surface area is 180 Å². The van der Waals surface area contributed by atoms with Crippen molar-refractivity contribution in [2.75, 3.05) is 29.9 Å². The number of aryl methyl sites for hydroxylation is 2. The molecule has 1 amide bonds. The number of fused-ring (bicyclic) bond motifs is 1. The molecule has 3 aromatic rings. The van der Waals surface area contributed by atoms with Gasteiger partial charge in [0.2, 0.25) is 5.91 Å². The Morgan fingerprint density at radius 2 is 2.13 bits per heavy atom. The molecule has 30 heavy (non-hydrogen) atoms. The van der Waals surface area contributed by atoms with Crippen LogP contribution in [0.2, 0.25) is 0 Å². The summed E-state index contributed by atoms with van der Waals surface area (Å²) in [5.74, 6) is 0.879. The van der Waals surface area contributed by atoms with Crippen LogP contribution in [0.25, 0.3) is 10.6 Å². The van der Waals surface area contributed by atoms with Gasteiger partial charge >= 0.3 is 0 Å². The molecular weight excluding hydrogens is 396 g/mol. The summed E-state index contributed by atoms with van der Waals surface area (Å²) < 4.78 is 4.25. The maximum Gasteiger partial charge on any atom is 0.246 e. The monoisotopic (exact) mass is 422 g/mol. The minimum atomic E-state index is 0.0408. The summed E-state index contributed by atoms with van der Waals surface area (Å²) in [6.45, 7) is 6.92. The van der Waals surface area contributed by atoms with Crippen LogP contribution in [0.1, 0.15) is 35.4 Å². The van der Waals surface area contributed by atoms with Crippen LogP contribution in [0.15, 0.2) is 36.4 Å². The van der Waals surface area contributed by atoms with Crippen molar-refractivity contribution in [3.05, 3.63) is 58.9 Å². The van der Waals surface area contributed by atoms with E-state index in [1.165, 1.54) is 17.1 Å². The fourth-order valence-electron chi connectivity index (χ4n) is 3.91. The fraction of sp³-hybridized carbons (Fsp3) is 0.348. The Morgan fingerprint density at radius 3 is 2.87 bits per heavy atom. The maximum absolute atomic E-state index is 13.0. The zero-order valence-corrected chi connectivity index (χ0v) is 18.3. The number of carbonyl (C=O) groups is 1. The van der Waals surface area contributed by atoms with Gasteiger partial charge < -0.3 is 15.3 Å². The highest BCUT2D eigenvalue weighted by Crippen LogP contribution is 2.34. The highest BCUT2D eigenvalue weighted by atomic mass is 32.1. The van der Waals surface area contributed by atoms with E-state index in [2.05, 4.69) is 20.7 Å². The lowest BCUT2D eigenvalue weighted by atomic mass is 9.95. The number of aromatic nitrogens is 2. The van der Waals surface area contributed by atoms with Crippen molar-refractivity contribution < 1.29 is 9.90 Å². The molecular formula is C23H26N4O2S. The third-order valence-electron chi connectivity index (χ3n) is 5.61. The summed E-state index contributed by atoms with van der Waals surface area (Å²) in [5.41, 5.74) is 6.28. The molecule has 1 aliphatic rings. The van der Waals surface area contributed by atoms with Gasteiger partial charge in [0.05, 0.1) is 6.54 Å². The molecule has 0 radical (unpaired) electrons. The first kappa shape index (κ1) is 20.5. The topological polar surface area (TPSA) is 78.4 Å². The van der Waals surface area contributed by atoms with Gasteiger partial charge in [-0.2, -0.15) is 4.37 Å². The fourth-order valence-corrected chi connectivity index (χ4v) is 4.57. The normalized spacial score (nSPS) is 13.9. The molecule has 0 spiro atoms. The molecule has 0 saturated heterocycles. The molecule has 0 bridgehead atoms. The number of nitrogens with one attached hydrogen (secondary N) is 1. The Kier molecular flexibility index (Phi) is 5.83. The van der Waals surface area contributed by atoms with Gasteiger partial charge in [-0.3, -0.25) is 4.79 Å². The van der Waals surface area contributed by atoms with Gasteiger partial charge in [-0.25, -0.2) is 4.98 Å². The number of hydrogen-bond donors (Lipinski definition) is 2. The Bertz CT molecular complexity index is 1080. The zero-order chi connectivity index (χ0) is 21.3. The number of carbonyl (C=O) groups excluding carboxylic acids is 1. The molecule has 1 aliphatic heterocycles. The van der Waals surface area contributed by atoms with Gasteiger partial charge in [0, 0.05) is 36.0 Å². The largest absolute Gasteiger partial charge is 0.396 e. The molecule has 0 fully saturated rings. The smallest absolute Gasteiger partial charge is 0.246 e. The highest BCUT2D eigenvalue weighted by Gasteiger charge is 2.27. The van der Waals surface area contributed by atoms with E-state index in [0.29, 0.717) is 6.54 Å². The molecule has 6 nitrogen and oxygen atoms in total. The van der Waals surface area contributed by atoms with Gasteiger partial charge in [0.15, 0.2) is 0 Å². The molecule has 4 rings (SSSR count). The van der Waals surface area contributed by atoms with Crippen molar-refractivity contribution in [3.8, 4) is 10.6 Å². The number of benzene rings is 2. The standard InChI is InChI=1S/C23H26N4O2S/c1-14-7-8-17(23-25-16(3)26-30-23)11-20(14)24-12-22(29)27-10-9-19-18(15(2)13-28)5-4-6-21(19)27/h4-8,11,15,24,28H,9-10,12-13H2,1-3H3. The van der Waals surface area contributed by atoms with Crippen molar-refractivity contribution >= 4 is 28.8 Å². The van der Waals surface area contributed by atoms with Crippen molar-refractivity contribution in [2.24, 2.45) is 0 Å². The SMILES string of the molecule is Cc1nsc(-c2ccc(C)c(NCC(=O)N3CCc4c(C(C)CO)cccc43)c2)n1. The molecule has 2 N–H and O–H groups in total. The highest BCUT2D eigenvalue weighted by molar-refractivity contribution is 7.09. The van der Waals surface area contributed by atoms with E-state index in [4.69, 9.17) is 0 Å². The number of hydrogen-bond acceptors (Lipinski definition) is 6. The quantitative estimate of drug-likeness (QED) is 0.630. The number of amides is 1. The van der Waals surface area contributed by atoms with Gasteiger partial charge in [-0.1, -0.05) is 31.2 Å².